The molecule has 1 aliphatic carbocycles. The molecule has 0 amide bonds. The Kier molecular flexibility index (Phi) is 3.07. The predicted molar refractivity (Wildman–Crippen MR) is 86.2 cm³/mol. The fourth-order valence-corrected chi connectivity index (χ4v) is 3.96. The molecule has 23 heavy (non-hydrogen) atoms. The Bertz CT molecular complexity index is 758. The van der Waals surface area contributed by atoms with Crippen molar-refractivity contribution in [3.63, 3.8) is 0 Å². The molecule has 2 aliphatic rings. The van der Waals surface area contributed by atoms with Crippen LogP contribution in [0.25, 0.3) is 0 Å². The number of hydrogen-bond acceptors (Lipinski definition) is 5. The summed E-state index contributed by atoms with van der Waals surface area (Å²) >= 11 is 0. The first-order valence-electron chi connectivity index (χ1n) is 7.88. The van der Waals surface area contributed by atoms with Gasteiger partial charge in [-0.2, -0.15) is 0 Å². The quantitative estimate of drug-likeness (QED) is 0.641. The van der Waals surface area contributed by atoms with E-state index < -0.39 is 0 Å². The minimum atomic E-state index is -0.381. The van der Waals surface area contributed by atoms with Crippen molar-refractivity contribution in [2.24, 2.45) is 5.41 Å². The summed E-state index contributed by atoms with van der Waals surface area (Å²) in [6.45, 7) is 2.73. The Hall–Kier alpha value is -2.50. The van der Waals surface area contributed by atoms with Gasteiger partial charge >= 0.3 is 0 Å². The van der Waals surface area contributed by atoms with Crippen LogP contribution in [-0.2, 0) is 0 Å². The molecule has 1 aliphatic heterocycles. The van der Waals surface area contributed by atoms with Gasteiger partial charge in [0.15, 0.2) is 0 Å². The van der Waals surface area contributed by atoms with Crippen LogP contribution in [0.15, 0.2) is 36.8 Å². The average Bonchev–Trinajstić information content (AvgIpc) is 2.45. The summed E-state index contributed by atoms with van der Waals surface area (Å²) < 4.78 is 0. The maximum atomic E-state index is 11.0. The highest BCUT2D eigenvalue weighted by molar-refractivity contribution is 5.54. The third kappa shape index (κ3) is 2.09. The van der Waals surface area contributed by atoms with Gasteiger partial charge in [0, 0.05) is 29.9 Å². The summed E-state index contributed by atoms with van der Waals surface area (Å²) in [6, 6.07) is 6.18. The van der Waals surface area contributed by atoms with Crippen molar-refractivity contribution in [2.45, 2.75) is 32.2 Å². The van der Waals surface area contributed by atoms with Crippen molar-refractivity contribution in [2.75, 3.05) is 11.4 Å². The van der Waals surface area contributed by atoms with E-state index >= 15 is 0 Å². The van der Waals surface area contributed by atoms with E-state index in [9.17, 15) is 10.1 Å². The van der Waals surface area contributed by atoms with Crippen LogP contribution in [0.2, 0.25) is 0 Å². The summed E-state index contributed by atoms with van der Waals surface area (Å²) in [5, 5.41) is 11.0. The van der Waals surface area contributed by atoms with E-state index in [-0.39, 0.29) is 16.7 Å². The third-order valence-corrected chi connectivity index (χ3v) is 5.29. The molecule has 0 bridgehead atoms. The number of aryl methyl sites for hydroxylation is 1. The molecule has 2 fully saturated rings. The minimum absolute atomic E-state index is 0.0746. The van der Waals surface area contributed by atoms with Crippen LogP contribution in [0.5, 0.6) is 0 Å². The molecule has 3 heterocycles. The number of aromatic nitrogens is 2. The van der Waals surface area contributed by atoms with Gasteiger partial charge in [-0.3, -0.25) is 15.1 Å². The first-order chi connectivity index (χ1) is 11.1. The summed E-state index contributed by atoms with van der Waals surface area (Å²) in [6.07, 6.45) is 8.82. The molecule has 1 unspecified atom stereocenters. The second-order valence-electron chi connectivity index (χ2n) is 6.62. The fourth-order valence-electron chi connectivity index (χ4n) is 3.96. The molecule has 4 rings (SSSR count). The van der Waals surface area contributed by atoms with Crippen LogP contribution in [-0.4, -0.2) is 21.4 Å². The van der Waals surface area contributed by atoms with E-state index in [1.165, 1.54) is 31.0 Å². The summed E-state index contributed by atoms with van der Waals surface area (Å²) in [5.74, 6) is 0.819. The first-order valence-corrected chi connectivity index (χ1v) is 7.88. The van der Waals surface area contributed by atoms with Gasteiger partial charge < -0.3 is 4.90 Å². The van der Waals surface area contributed by atoms with Gasteiger partial charge in [0.25, 0.3) is 5.69 Å². The molecule has 2 aromatic rings. The third-order valence-electron chi connectivity index (χ3n) is 5.29. The highest BCUT2D eigenvalue weighted by Gasteiger charge is 2.56. The van der Waals surface area contributed by atoms with Crippen LogP contribution in [0.1, 0.15) is 36.4 Å². The standard InChI is InChI=1S/C17H18N4O2/c1-12-8-15(19-10-14(12)21(22)23)20-11-17(5-3-6-17)16(20)13-4-2-7-18-9-13/h2,4,7-10,16H,3,5-6,11H2,1H3. The smallest absolute Gasteiger partial charge is 0.290 e. The molecule has 1 saturated carbocycles. The lowest BCUT2D eigenvalue weighted by Crippen LogP contribution is -2.62. The van der Waals surface area contributed by atoms with Crippen molar-refractivity contribution in [1.29, 1.82) is 0 Å². The first kappa shape index (κ1) is 14.1. The second-order valence-corrected chi connectivity index (χ2v) is 6.62. The number of rotatable bonds is 3. The summed E-state index contributed by atoms with van der Waals surface area (Å²) in [7, 11) is 0. The van der Waals surface area contributed by atoms with Crippen LogP contribution >= 0.6 is 0 Å². The van der Waals surface area contributed by atoms with Gasteiger partial charge in [-0.1, -0.05) is 12.5 Å². The SMILES string of the molecule is Cc1cc(N2CC3(CCC3)C2c2cccnc2)ncc1[N+](=O)[O-]. The summed E-state index contributed by atoms with van der Waals surface area (Å²) in [5.41, 5.74) is 2.27. The monoisotopic (exact) mass is 310 g/mol. The number of anilines is 1. The Morgan fingerprint density at radius 2 is 2.22 bits per heavy atom. The summed E-state index contributed by atoms with van der Waals surface area (Å²) in [4.78, 5) is 21.5. The van der Waals surface area contributed by atoms with Crippen molar-refractivity contribution >= 4 is 11.5 Å². The van der Waals surface area contributed by atoms with Crippen molar-refractivity contribution in [3.05, 3.63) is 58.0 Å². The molecule has 118 valence electrons. The molecule has 0 N–H and O–H groups in total. The van der Waals surface area contributed by atoms with Crippen LogP contribution in [0.3, 0.4) is 0 Å². The molecule has 6 heteroatoms. The fraction of sp³-hybridized carbons (Fsp3) is 0.412. The van der Waals surface area contributed by atoms with Crippen LogP contribution < -0.4 is 4.90 Å². The van der Waals surface area contributed by atoms with Gasteiger partial charge in [0.2, 0.25) is 0 Å². The van der Waals surface area contributed by atoms with E-state index in [1.54, 1.807) is 13.1 Å². The average molecular weight is 310 g/mol. The minimum Gasteiger partial charge on any atom is -0.348 e. The number of nitro groups is 1. The Balaban J connectivity index is 1.69. The topological polar surface area (TPSA) is 72.2 Å². The van der Waals surface area contributed by atoms with Gasteiger partial charge in [0.1, 0.15) is 12.0 Å². The van der Waals surface area contributed by atoms with Crippen molar-refractivity contribution < 1.29 is 4.92 Å². The van der Waals surface area contributed by atoms with E-state index in [0.29, 0.717) is 11.0 Å². The molecule has 0 radical (unpaired) electrons. The molecule has 6 nitrogen and oxygen atoms in total. The van der Waals surface area contributed by atoms with E-state index in [1.807, 2.05) is 18.3 Å². The molecule has 1 saturated heterocycles. The van der Waals surface area contributed by atoms with Gasteiger partial charge in [-0.25, -0.2) is 4.98 Å². The van der Waals surface area contributed by atoms with Gasteiger partial charge in [0.05, 0.1) is 11.0 Å². The Labute approximate surface area is 134 Å². The van der Waals surface area contributed by atoms with E-state index in [0.717, 1.165) is 12.4 Å². The largest absolute Gasteiger partial charge is 0.348 e. The lowest BCUT2D eigenvalue weighted by Gasteiger charge is -2.63. The zero-order valence-corrected chi connectivity index (χ0v) is 13.0. The number of nitrogens with zero attached hydrogens (tertiary/aromatic N) is 4. The lowest BCUT2D eigenvalue weighted by atomic mass is 9.56. The number of hydrogen-bond donors (Lipinski definition) is 0. The highest BCUT2D eigenvalue weighted by atomic mass is 16.6. The normalized spacial score (nSPS) is 21.6. The van der Waals surface area contributed by atoms with Gasteiger partial charge in [-0.05, 0) is 37.5 Å². The molecular weight excluding hydrogens is 292 g/mol. The molecule has 0 aromatic carbocycles. The van der Waals surface area contributed by atoms with Crippen LogP contribution in [0.4, 0.5) is 11.5 Å². The maximum Gasteiger partial charge on any atom is 0.290 e. The molecular formula is C17H18N4O2. The predicted octanol–water partition coefficient (Wildman–Crippen LogP) is 3.42. The second kappa shape index (κ2) is 5.01. The van der Waals surface area contributed by atoms with Crippen LogP contribution in [0, 0.1) is 22.5 Å². The number of pyridine rings is 2. The Morgan fingerprint density at radius 3 is 2.78 bits per heavy atom. The molecule has 2 aromatic heterocycles. The Morgan fingerprint density at radius 1 is 1.39 bits per heavy atom. The van der Waals surface area contributed by atoms with E-state index in [4.69, 9.17) is 0 Å². The lowest BCUT2D eigenvalue weighted by molar-refractivity contribution is -0.385. The van der Waals surface area contributed by atoms with Crippen molar-refractivity contribution in [1.82, 2.24) is 9.97 Å². The zero-order chi connectivity index (χ0) is 16.0. The highest BCUT2D eigenvalue weighted by Crippen LogP contribution is 2.61. The zero-order valence-electron chi connectivity index (χ0n) is 13.0. The van der Waals surface area contributed by atoms with Gasteiger partial charge in [-0.15, -0.1) is 0 Å². The molecule has 1 spiro atoms. The van der Waals surface area contributed by atoms with E-state index in [2.05, 4.69) is 20.9 Å². The molecule has 1 atom stereocenters. The maximum absolute atomic E-state index is 11.0. The van der Waals surface area contributed by atoms with Crippen molar-refractivity contribution in [3.8, 4) is 0 Å².